The molecule has 25 heavy (non-hydrogen) atoms. The van der Waals surface area contributed by atoms with Gasteiger partial charge in [-0.15, -0.1) is 0 Å². The molecule has 0 aliphatic rings. The fourth-order valence-corrected chi connectivity index (χ4v) is 3.26. The van der Waals surface area contributed by atoms with E-state index in [9.17, 15) is 0 Å². The molecule has 0 aromatic rings. The third-order valence-electron chi connectivity index (χ3n) is 5.02. The summed E-state index contributed by atoms with van der Waals surface area (Å²) in [6.45, 7) is 4.57. The molecule has 148 valence electrons. The van der Waals surface area contributed by atoms with E-state index in [1.807, 2.05) is 0 Å². The Balaban J connectivity index is 3.11. The minimum Gasteiger partial charge on any atom is -0.0885 e. The molecule has 0 saturated heterocycles. The average molecular weight is 349 g/mol. The van der Waals surface area contributed by atoms with E-state index in [1.54, 1.807) is 0 Å². The van der Waals surface area contributed by atoms with Gasteiger partial charge in [0.1, 0.15) is 0 Å². The van der Waals surface area contributed by atoms with E-state index >= 15 is 0 Å². The monoisotopic (exact) mass is 348 g/mol. The van der Waals surface area contributed by atoms with Crippen molar-refractivity contribution in [2.24, 2.45) is 0 Å². The summed E-state index contributed by atoms with van der Waals surface area (Å²) in [4.78, 5) is 0. The van der Waals surface area contributed by atoms with Gasteiger partial charge in [0.25, 0.3) is 0 Å². The Morgan fingerprint density at radius 1 is 0.320 bits per heavy atom. The fourth-order valence-electron chi connectivity index (χ4n) is 3.26. The topological polar surface area (TPSA) is 0 Å². The first-order valence-electron chi connectivity index (χ1n) is 11.7. The van der Waals surface area contributed by atoms with E-state index in [0.717, 1.165) is 0 Å². The smallest absolute Gasteiger partial charge is 0.0351 e. The van der Waals surface area contributed by atoms with Crippen molar-refractivity contribution < 1.29 is 0 Å². The van der Waals surface area contributed by atoms with Crippen LogP contribution in [-0.4, -0.2) is 0 Å². The molecule has 0 unspecified atom stereocenters. The summed E-state index contributed by atoms with van der Waals surface area (Å²) < 4.78 is 0. The van der Waals surface area contributed by atoms with E-state index in [0.29, 0.717) is 0 Å². The maximum Gasteiger partial charge on any atom is -0.0351 e. The second-order valence-corrected chi connectivity index (χ2v) is 7.69. The van der Waals surface area contributed by atoms with Crippen LogP contribution in [0.15, 0.2) is 24.3 Å². The van der Waals surface area contributed by atoms with E-state index in [1.165, 1.54) is 122 Å². The Labute approximate surface area is 160 Å². The molecule has 0 aliphatic carbocycles. The van der Waals surface area contributed by atoms with Gasteiger partial charge in [0.15, 0.2) is 0 Å². The lowest BCUT2D eigenvalue weighted by atomic mass is 10.1. The lowest BCUT2D eigenvalue weighted by Gasteiger charge is -1.99. The van der Waals surface area contributed by atoms with Crippen LogP contribution >= 0.6 is 0 Å². The lowest BCUT2D eigenvalue weighted by Crippen LogP contribution is -1.79. The number of unbranched alkanes of at least 4 members (excludes halogenated alkanes) is 16. The van der Waals surface area contributed by atoms with Crippen molar-refractivity contribution in [3.63, 3.8) is 0 Å². The van der Waals surface area contributed by atoms with Gasteiger partial charge in [-0.25, -0.2) is 0 Å². The molecular formula is C25H48. The molecule has 0 rings (SSSR count). The Morgan fingerprint density at radius 3 is 0.840 bits per heavy atom. The van der Waals surface area contributed by atoms with Crippen molar-refractivity contribution in [1.82, 2.24) is 0 Å². The highest BCUT2D eigenvalue weighted by molar-refractivity contribution is 4.82. The van der Waals surface area contributed by atoms with Crippen LogP contribution in [0.5, 0.6) is 0 Å². The van der Waals surface area contributed by atoms with Crippen LogP contribution in [0, 0.1) is 0 Å². The van der Waals surface area contributed by atoms with E-state index in [-0.39, 0.29) is 0 Å². The molecule has 0 aromatic heterocycles. The Bertz CT molecular complexity index is 246. The SMILES string of the molecule is CCCCCCC/C=C/CCCCCCC/C=C/CCCCCCC. The third-order valence-corrected chi connectivity index (χ3v) is 5.02. The average Bonchev–Trinajstić information content (AvgIpc) is 2.63. The zero-order chi connectivity index (χ0) is 18.3. The predicted molar refractivity (Wildman–Crippen MR) is 117 cm³/mol. The quantitative estimate of drug-likeness (QED) is 0.152. The highest BCUT2D eigenvalue weighted by Gasteiger charge is 1.90. The Kier molecular flexibility index (Phi) is 23.0. The minimum atomic E-state index is 1.30. The summed E-state index contributed by atoms with van der Waals surface area (Å²) >= 11 is 0. The molecule has 0 radical (unpaired) electrons. The standard InChI is InChI=1S/C25H48/c1-3-5-7-9-11-13-15-17-19-21-23-25-24-22-20-18-16-14-12-10-8-6-4-2/h15-18H,3-14,19-25H2,1-2H3/b17-15+,18-16+. The molecule has 0 atom stereocenters. The fraction of sp³-hybridized carbons (Fsp3) is 0.840. The highest BCUT2D eigenvalue weighted by atomic mass is 14.0. The van der Waals surface area contributed by atoms with Gasteiger partial charge in [-0.2, -0.15) is 0 Å². The van der Waals surface area contributed by atoms with Gasteiger partial charge < -0.3 is 0 Å². The number of rotatable bonds is 20. The summed E-state index contributed by atoms with van der Waals surface area (Å²) in [6.07, 6.45) is 35.9. The van der Waals surface area contributed by atoms with Crippen LogP contribution in [-0.2, 0) is 0 Å². The summed E-state index contributed by atoms with van der Waals surface area (Å²) in [5, 5.41) is 0. The van der Waals surface area contributed by atoms with Crippen molar-refractivity contribution in [3.8, 4) is 0 Å². The van der Waals surface area contributed by atoms with Crippen molar-refractivity contribution in [1.29, 1.82) is 0 Å². The molecule has 0 heterocycles. The molecule has 0 saturated carbocycles. The van der Waals surface area contributed by atoms with Gasteiger partial charge in [-0.1, -0.05) is 109 Å². The van der Waals surface area contributed by atoms with Gasteiger partial charge in [0, 0.05) is 0 Å². The first-order chi connectivity index (χ1) is 12.4. The molecule has 0 spiro atoms. The van der Waals surface area contributed by atoms with Crippen molar-refractivity contribution in [3.05, 3.63) is 24.3 Å². The van der Waals surface area contributed by atoms with E-state index < -0.39 is 0 Å². The van der Waals surface area contributed by atoms with Crippen molar-refractivity contribution in [2.45, 2.75) is 136 Å². The summed E-state index contributed by atoms with van der Waals surface area (Å²) in [6, 6.07) is 0. The van der Waals surface area contributed by atoms with Gasteiger partial charge in [-0.05, 0) is 51.4 Å². The molecule has 0 nitrogen and oxygen atoms in total. The van der Waals surface area contributed by atoms with Crippen LogP contribution in [0.1, 0.15) is 136 Å². The third kappa shape index (κ3) is 23.5. The van der Waals surface area contributed by atoms with Crippen molar-refractivity contribution in [2.75, 3.05) is 0 Å². The highest BCUT2D eigenvalue weighted by Crippen LogP contribution is 2.10. The molecule has 0 aliphatic heterocycles. The predicted octanol–water partition coefficient (Wildman–Crippen LogP) is 9.55. The van der Waals surface area contributed by atoms with Crippen LogP contribution in [0.4, 0.5) is 0 Å². The molecule has 0 aromatic carbocycles. The van der Waals surface area contributed by atoms with Gasteiger partial charge >= 0.3 is 0 Å². The van der Waals surface area contributed by atoms with Gasteiger partial charge in [0.05, 0.1) is 0 Å². The summed E-state index contributed by atoms with van der Waals surface area (Å²) in [5.74, 6) is 0. The molecule has 0 bridgehead atoms. The maximum atomic E-state index is 2.42. The van der Waals surface area contributed by atoms with E-state index in [4.69, 9.17) is 0 Å². The molecular weight excluding hydrogens is 300 g/mol. The first-order valence-corrected chi connectivity index (χ1v) is 11.7. The second kappa shape index (κ2) is 23.5. The zero-order valence-corrected chi connectivity index (χ0v) is 17.7. The number of hydrogen-bond acceptors (Lipinski definition) is 0. The molecule has 0 fully saturated rings. The molecule has 0 N–H and O–H groups in total. The zero-order valence-electron chi connectivity index (χ0n) is 17.7. The van der Waals surface area contributed by atoms with Crippen LogP contribution in [0.25, 0.3) is 0 Å². The summed E-state index contributed by atoms with van der Waals surface area (Å²) in [5.41, 5.74) is 0. The maximum absolute atomic E-state index is 2.42. The minimum absolute atomic E-state index is 1.30. The largest absolute Gasteiger partial charge is 0.0885 e. The van der Waals surface area contributed by atoms with E-state index in [2.05, 4.69) is 38.2 Å². The van der Waals surface area contributed by atoms with Crippen LogP contribution in [0.3, 0.4) is 0 Å². The van der Waals surface area contributed by atoms with Gasteiger partial charge in [-0.3, -0.25) is 0 Å². The Morgan fingerprint density at radius 2 is 0.560 bits per heavy atom. The summed E-state index contributed by atoms with van der Waals surface area (Å²) in [7, 11) is 0. The first kappa shape index (κ1) is 24.5. The van der Waals surface area contributed by atoms with Crippen molar-refractivity contribution >= 4 is 0 Å². The van der Waals surface area contributed by atoms with Crippen LogP contribution in [0.2, 0.25) is 0 Å². The number of allylic oxidation sites excluding steroid dienone is 4. The van der Waals surface area contributed by atoms with Crippen LogP contribution < -0.4 is 0 Å². The Hall–Kier alpha value is -0.520. The second-order valence-electron chi connectivity index (χ2n) is 7.69. The lowest BCUT2D eigenvalue weighted by molar-refractivity contribution is 0.618. The molecule has 0 amide bonds. The molecule has 0 heteroatoms. The normalized spacial score (nSPS) is 11.9. The van der Waals surface area contributed by atoms with Gasteiger partial charge in [0.2, 0.25) is 0 Å². The number of hydrogen-bond donors (Lipinski definition) is 0.